The Bertz CT molecular complexity index is 430. The van der Waals surface area contributed by atoms with Gasteiger partial charge < -0.3 is 10.1 Å². The van der Waals surface area contributed by atoms with E-state index < -0.39 is 0 Å². The molecule has 0 unspecified atom stereocenters. The number of benzene rings is 1. The monoisotopic (exact) mass is 267 g/mol. The number of carbonyl (C=O) groups excluding carboxylic acids is 1. The van der Waals surface area contributed by atoms with E-state index in [9.17, 15) is 4.79 Å². The quantitative estimate of drug-likeness (QED) is 0.832. The van der Waals surface area contributed by atoms with E-state index in [2.05, 4.69) is 5.32 Å². The summed E-state index contributed by atoms with van der Waals surface area (Å²) in [5.74, 6) is 0.526. The lowest BCUT2D eigenvalue weighted by molar-refractivity contribution is 0.0908. The Kier molecular flexibility index (Phi) is 5.08. The first-order chi connectivity index (χ1) is 8.43. The Morgan fingerprint density at radius 3 is 2.61 bits per heavy atom. The van der Waals surface area contributed by atoms with Crippen molar-refractivity contribution in [3.63, 3.8) is 0 Å². The van der Waals surface area contributed by atoms with Crippen molar-refractivity contribution in [2.45, 2.75) is 37.6 Å². The maximum absolute atomic E-state index is 12.2. The van der Waals surface area contributed by atoms with Crippen molar-refractivity contribution >= 4 is 17.7 Å². The van der Waals surface area contributed by atoms with Crippen LogP contribution >= 0.6 is 11.8 Å². The summed E-state index contributed by atoms with van der Waals surface area (Å²) in [6.07, 6.45) is 2.87. The van der Waals surface area contributed by atoms with Gasteiger partial charge in [-0.1, -0.05) is 6.92 Å². The number of hydrogen-bond acceptors (Lipinski definition) is 3. The second-order valence-corrected chi connectivity index (χ2v) is 5.64. The van der Waals surface area contributed by atoms with Gasteiger partial charge in [0.2, 0.25) is 0 Å². The van der Waals surface area contributed by atoms with Crippen LogP contribution in [0.5, 0.6) is 5.75 Å². The summed E-state index contributed by atoms with van der Waals surface area (Å²) in [5.41, 5.74) is 0.372. The number of amides is 1. The van der Waals surface area contributed by atoms with Gasteiger partial charge in [0, 0.05) is 10.4 Å². The average molecular weight is 267 g/mol. The van der Waals surface area contributed by atoms with Crippen molar-refractivity contribution in [3.8, 4) is 5.75 Å². The highest BCUT2D eigenvalue weighted by molar-refractivity contribution is 7.98. The number of thioether (sulfide) groups is 1. The number of ether oxygens (including phenoxy) is 1. The molecule has 0 aliphatic heterocycles. The SMILES string of the molecule is CCC(C)(C)NC(=O)c1ccc(SC)cc1OC. The number of methoxy groups -OCH3 is 1. The first-order valence-corrected chi connectivity index (χ1v) is 7.20. The molecule has 0 aromatic heterocycles. The minimum Gasteiger partial charge on any atom is -0.496 e. The van der Waals surface area contributed by atoms with Gasteiger partial charge in [0.25, 0.3) is 5.91 Å². The maximum atomic E-state index is 12.2. The molecular formula is C14H21NO2S. The molecule has 0 bridgehead atoms. The van der Waals surface area contributed by atoms with E-state index in [0.29, 0.717) is 11.3 Å². The fourth-order valence-electron chi connectivity index (χ4n) is 1.45. The predicted octanol–water partition coefficient (Wildman–Crippen LogP) is 3.34. The van der Waals surface area contributed by atoms with Crippen molar-refractivity contribution in [1.29, 1.82) is 0 Å². The summed E-state index contributed by atoms with van der Waals surface area (Å²) >= 11 is 1.62. The van der Waals surface area contributed by atoms with Crippen LogP contribution in [0.25, 0.3) is 0 Å². The predicted molar refractivity (Wildman–Crippen MR) is 76.6 cm³/mol. The van der Waals surface area contributed by atoms with Crippen LogP contribution in [0.4, 0.5) is 0 Å². The van der Waals surface area contributed by atoms with Crippen LogP contribution in [0.2, 0.25) is 0 Å². The highest BCUT2D eigenvalue weighted by Crippen LogP contribution is 2.25. The Balaban J connectivity index is 2.99. The van der Waals surface area contributed by atoms with E-state index in [-0.39, 0.29) is 11.4 Å². The topological polar surface area (TPSA) is 38.3 Å². The van der Waals surface area contributed by atoms with Crippen LogP contribution in [0.15, 0.2) is 23.1 Å². The number of nitrogens with one attached hydrogen (secondary N) is 1. The molecule has 0 atom stereocenters. The van der Waals surface area contributed by atoms with Crippen LogP contribution in [0, 0.1) is 0 Å². The second-order valence-electron chi connectivity index (χ2n) is 4.76. The third-order valence-electron chi connectivity index (χ3n) is 2.99. The summed E-state index contributed by atoms with van der Waals surface area (Å²) in [7, 11) is 1.58. The van der Waals surface area contributed by atoms with Crippen molar-refractivity contribution < 1.29 is 9.53 Å². The third kappa shape index (κ3) is 3.67. The summed E-state index contributed by atoms with van der Waals surface area (Å²) < 4.78 is 5.28. The van der Waals surface area contributed by atoms with Gasteiger partial charge in [0.1, 0.15) is 5.75 Å². The van der Waals surface area contributed by atoms with Crippen LogP contribution in [-0.2, 0) is 0 Å². The molecule has 1 amide bonds. The highest BCUT2D eigenvalue weighted by Gasteiger charge is 2.21. The molecule has 0 spiro atoms. The highest BCUT2D eigenvalue weighted by atomic mass is 32.2. The van der Waals surface area contributed by atoms with Gasteiger partial charge in [-0.2, -0.15) is 0 Å². The molecule has 18 heavy (non-hydrogen) atoms. The molecule has 0 radical (unpaired) electrons. The van der Waals surface area contributed by atoms with Crippen molar-refractivity contribution in [3.05, 3.63) is 23.8 Å². The number of rotatable bonds is 5. The molecule has 0 aliphatic rings. The van der Waals surface area contributed by atoms with E-state index in [1.807, 2.05) is 45.2 Å². The van der Waals surface area contributed by atoms with Gasteiger partial charge in [-0.3, -0.25) is 4.79 Å². The van der Waals surface area contributed by atoms with E-state index in [1.54, 1.807) is 18.9 Å². The van der Waals surface area contributed by atoms with Crippen LogP contribution in [0.1, 0.15) is 37.6 Å². The van der Waals surface area contributed by atoms with Crippen molar-refractivity contribution in [2.75, 3.05) is 13.4 Å². The molecule has 3 nitrogen and oxygen atoms in total. The molecule has 4 heteroatoms. The fourth-order valence-corrected chi connectivity index (χ4v) is 1.88. The third-order valence-corrected chi connectivity index (χ3v) is 3.71. The molecule has 100 valence electrons. The molecule has 1 rings (SSSR count). The summed E-state index contributed by atoms with van der Waals surface area (Å²) in [5, 5.41) is 3.01. The van der Waals surface area contributed by atoms with Crippen LogP contribution in [-0.4, -0.2) is 24.8 Å². The zero-order valence-electron chi connectivity index (χ0n) is 11.7. The minimum absolute atomic E-state index is 0.0913. The molecule has 1 aromatic carbocycles. The largest absolute Gasteiger partial charge is 0.496 e. The van der Waals surface area contributed by atoms with E-state index in [4.69, 9.17) is 4.74 Å². The molecule has 0 heterocycles. The molecule has 0 fully saturated rings. The summed E-state index contributed by atoms with van der Waals surface area (Å²) in [4.78, 5) is 13.3. The zero-order chi connectivity index (χ0) is 13.8. The van der Waals surface area contributed by atoms with E-state index in [0.717, 1.165) is 11.3 Å². The van der Waals surface area contributed by atoms with Gasteiger partial charge in [-0.25, -0.2) is 0 Å². The summed E-state index contributed by atoms with van der Waals surface area (Å²) in [6, 6.07) is 5.63. The fraction of sp³-hybridized carbons (Fsp3) is 0.500. The van der Waals surface area contributed by atoms with Gasteiger partial charge >= 0.3 is 0 Å². The molecule has 0 aliphatic carbocycles. The Labute approximate surface area is 113 Å². The Morgan fingerprint density at radius 1 is 1.44 bits per heavy atom. The second kappa shape index (κ2) is 6.14. The first kappa shape index (κ1) is 14.9. The molecule has 0 saturated heterocycles. The molecule has 1 N–H and O–H groups in total. The smallest absolute Gasteiger partial charge is 0.255 e. The molecule has 1 aromatic rings. The van der Waals surface area contributed by atoms with Gasteiger partial charge in [-0.05, 0) is 44.7 Å². The maximum Gasteiger partial charge on any atom is 0.255 e. The van der Waals surface area contributed by atoms with Gasteiger partial charge in [-0.15, -0.1) is 11.8 Å². The van der Waals surface area contributed by atoms with Crippen molar-refractivity contribution in [2.24, 2.45) is 0 Å². The standard InChI is InChI=1S/C14H21NO2S/c1-6-14(2,3)15-13(16)11-8-7-10(18-5)9-12(11)17-4/h7-9H,6H2,1-5H3,(H,15,16). The lowest BCUT2D eigenvalue weighted by Crippen LogP contribution is -2.42. The van der Waals surface area contributed by atoms with Crippen LogP contribution < -0.4 is 10.1 Å². The Morgan fingerprint density at radius 2 is 2.11 bits per heavy atom. The zero-order valence-corrected chi connectivity index (χ0v) is 12.5. The van der Waals surface area contributed by atoms with E-state index in [1.165, 1.54) is 0 Å². The van der Waals surface area contributed by atoms with Crippen LogP contribution in [0.3, 0.4) is 0 Å². The van der Waals surface area contributed by atoms with Gasteiger partial charge in [0.05, 0.1) is 12.7 Å². The molecule has 0 saturated carbocycles. The minimum atomic E-state index is -0.208. The lowest BCUT2D eigenvalue weighted by Gasteiger charge is -2.25. The normalized spacial score (nSPS) is 11.2. The van der Waals surface area contributed by atoms with E-state index >= 15 is 0 Å². The van der Waals surface area contributed by atoms with Crippen molar-refractivity contribution in [1.82, 2.24) is 5.32 Å². The summed E-state index contributed by atoms with van der Waals surface area (Å²) in [6.45, 7) is 6.07. The van der Waals surface area contributed by atoms with Gasteiger partial charge in [0.15, 0.2) is 0 Å². The lowest BCUT2D eigenvalue weighted by atomic mass is 10.0. The molecular weight excluding hydrogens is 246 g/mol. The number of carbonyl (C=O) groups is 1. The Hall–Kier alpha value is -1.16. The average Bonchev–Trinajstić information content (AvgIpc) is 2.37. The number of hydrogen-bond donors (Lipinski definition) is 1. The first-order valence-electron chi connectivity index (χ1n) is 5.98.